The molecule has 0 unspecified atom stereocenters. The van der Waals surface area contributed by atoms with Crippen molar-refractivity contribution < 1.29 is 9.90 Å². The molecule has 0 atom stereocenters. The summed E-state index contributed by atoms with van der Waals surface area (Å²) in [5.41, 5.74) is 6.66. The maximum absolute atomic E-state index is 12.0. The molecule has 0 aliphatic rings. The minimum absolute atomic E-state index is 0.417. The number of rotatable bonds is 8. The first kappa shape index (κ1) is 21.2. The number of aromatic nitrogens is 1. The van der Waals surface area contributed by atoms with Crippen molar-refractivity contribution in [3.63, 3.8) is 0 Å². The zero-order valence-corrected chi connectivity index (χ0v) is 18.3. The van der Waals surface area contributed by atoms with E-state index in [1.807, 2.05) is 13.8 Å². The summed E-state index contributed by atoms with van der Waals surface area (Å²) in [6, 6.07) is 16.8. The van der Waals surface area contributed by atoms with Gasteiger partial charge in [-0.05, 0) is 50.3 Å². The van der Waals surface area contributed by atoms with Gasteiger partial charge in [0.15, 0.2) is 0 Å². The Labute approximate surface area is 177 Å². The molecule has 152 valence electrons. The van der Waals surface area contributed by atoms with Crippen LogP contribution in [0.4, 0.5) is 0 Å². The van der Waals surface area contributed by atoms with E-state index >= 15 is 0 Å². The van der Waals surface area contributed by atoms with Crippen molar-refractivity contribution in [3.8, 4) is 0 Å². The second-order valence-corrected chi connectivity index (χ2v) is 8.23. The fourth-order valence-electron chi connectivity index (χ4n) is 3.64. The van der Waals surface area contributed by atoms with Crippen molar-refractivity contribution in [2.45, 2.75) is 45.3 Å². The number of aryl methyl sites for hydroxylation is 1. The first-order valence-electron chi connectivity index (χ1n) is 9.71. The van der Waals surface area contributed by atoms with Crippen LogP contribution in [0.25, 0.3) is 0 Å². The van der Waals surface area contributed by atoms with Gasteiger partial charge in [-0.15, -0.1) is 11.8 Å². The normalized spacial score (nSPS) is 11.0. The van der Waals surface area contributed by atoms with Gasteiger partial charge in [0, 0.05) is 41.5 Å². The monoisotopic (exact) mass is 408 g/mol. The first-order chi connectivity index (χ1) is 13.9. The molecule has 0 fully saturated rings. The smallest absolute Gasteiger partial charge is 0.337 e. The molecule has 0 saturated carbocycles. The minimum Gasteiger partial charge on any atom is -0.478 e. The quantitative estimate of drug-likeness (QED) is 0.505. The lowest BCUT2D eigenvalue weighted by atomic mass is 10.1. The van der Waals surface area contributed by atoms with Gasteiger partial charge in [0.1, 0.15) is 0 Å². The molecule has 0 bridgehead atoms. The summed E-state index contributed by atoms with van der Waals surface area (Å²) in [6.45, 7) is 7.88. The standard InChI is InChI=1S/C24H28N2O2S/c1-16-5-7-20(8-6-16)15-26-17(2)22(23(18(26)3)24(27)28)14-25-13-19-9-11-21(29-4)12-10-19/h5-12,25H,13-15H2,1-4H3,(H,27,28). The Hall–Kier alpha value is -2.50. The summed E-state index contributed by atoms with van der Waals surface area (Å²) in [4.78, 5) is 13.2. The molecule has 3 aromatic rings. The van der Waals surface area contributed by atoms with E-state index < -0.39 is 5.97 Å². The van der Waals surface area contributed by atoms with Gasteiger partial charge >= 0.3 is 5.97 Å². The second kappa shape index (κ2) is 9.33. The lowest BCUT2D eigenvalue weighted by Crippen LogP contribution is -2.15. The Balaban J connectivity index is 1.79. The fraction of sp³-hybridized carbons (Fsp3) is 0.292. The number of nitrogens with one attached hydrogen (secondary N) is 1. The van der Waals surface area contributed by atoms with Crippen molar-refractivity contribution in [2.75, 3.05) is 6.26 Å². The van der Waals surface area contributed by atoms with E-state index in [-0.39, 0.29) is 0 Å². The van der Waals surface area contributed by atoms with Crippen LogP contribution in [-0.4, -0.2) is 21.9 Å². The van der Waals surface area contributed by atoms with E-state index in [0.717, 1.165) is 17.0 Å². The van der Waals surface area contributed by atoms with Gasteiger partial charge in [0.2, 0.25) is 0 Å². The summed E-state index contributed by atoms with van der Waals surface area (Å²) >= 11 is 1.72. The van der Waals surface area contributed by atoms with E-state index in [1.54, 1.807) is 11.8 Å². The van der Waals surface area contributed by atoms with Gasteiger partial charge in [0.25, 0.3) is 0 Å². The highest BCUT2D eigenvalue weighted by atomic mass is 32.2. The predicted octanol–water partition coefficient (Wildman–Crippen LogP) is 5.17. The number of carbonyl (C=O) groups is 1. The summed E-state index contributed by atoms with van der Waals surface area (Å²) in [5.74, 6) is -0.866. The number of hydrogen-bond donors (Lipinski definition) is 2. The molecule has 0 radical (unpaired) electrons. The van der Waals surface area contributed by atoms with Crippen LogP contribution in [0, 0.1) is 20.8 Å². The Morgan fingerprint density at radius 2 is 1.55 bits per heavy atom. The van der Waals surface area contributed by atoms with Gasteiger partial charge in [0.05, 0.1) is 5.56 Å². The molecule has 29 heavy (non-hydrogen) atoms. The lowest BCUT2D eigenvalue weighted by molar-refractivity contribution is 0.0694. The third kappa shape index (κ3) is 4.92. The summed E-state index contributed by atoms with van der Waals surface area (Å²) in [5, 5.41) is 13.2. The van der Waals surface area contributed by atoms with Crippen molar-refractivity contribution in [3.05, 3.63) is 87.7 Å². The van der Waals surface area contributed by atoms with Gasteiger partial charge in [-0.3, -0.25) is 0 Å². The largest absolute Gasteiger partial charge is 0.478 e. The average molecular weight is 409 g/mol. The predicted molar refractivity (Wildman–Crippen MR) is 120 cm³/mol. The number of benzene rings is 2. The summed E-state index contributed by atoms with van der Waals surface area (Å²) < 4.78 is 2.11. The third-order valence-electron chi connectivity index (χ3n) is 5.38. The molecule has 1 heterocycles. The van der Waals surface area contributed by atoms with Gasteiger partial charge in [-0.1, -0.05) is 42.0 Å². The first-order valence-corrected chi connectivity index (χ1v) is 10.9. The van der Waals surface area contributed by atoms with Crippen LogP contribution in [0.1, 0.15) is 44.0 Å². The summed E-state index contributed by atoms with van der Waals surface area (Å²) in [7, 11) is 0. The number of thioether (sulfide) groups is 1. The van der Waals surface area contributed by atoms with Crippen LogP contribution in [0.3, 0.4) is 0 Å². The molecule has 1 aromatic heterocycles. The van der Waals surface area contributed by atoms with Crippen LogP contribution < -0.4 is 5.32 Å². The van der Waals surface area contributed by atoms with E-state index in [4.69, 9.17) is 0 Å². The third-order valence-corrected chi connectivity index (χ3v) is 6.12. The minimum atomic E-state index is -0.866. The van der Waals surface area contributed by atoms with E-state index in [9.17, 15) is 9.90 Å². The highest BCUT2D eigenvalue weighted by molar-refractivity contribution is 7.98. The van der Waals surface area contributed by atoms with Crippen LogP contribution in [0.15, 0.2) is 53.4 Å². The molecule has 0 spiro atoms. The molecule has 5 heteroatoms. The maximum atomic E-state index is 12.0. The molecule has 0 aliphatic heterocycles. The SMILES string of the molecule is CSc1ccc(CNCc2c(C(=O)O)c(C)n(Cc3ccc(C)cc3)c2C)cc1. The van der Waals surface area contributed by atoms with Gasteiger partial charge < -0.3 is 15.0 Å². The molecule has 4 nitrogen and oxygen atoms in total. The topological polar surface area (TPSA) is 54.3 Å². The van der Waals surface area contributed by atoms with Crippen LogP contribution in [0.5, 0.6) is 0 Å². The van der Waals surface area contributed by atoms with Crippen molar-refractivity contribution >= 4 is 17.7 Å². The number of carboxylic acid groups (broad SMARTS) is 1. The average Bonchev–Trinajstić information content (AvgIpc) is 2.94. The Kier molecular flexibility index (Phi) is 6.83. The molecule has 0 aliphatic carbocycles. The Bertz CT molecular complexity index is 989. The highest BCUT2D eigenvalue weighted by Gasteiger charge is 2.22. The summed E-state index contributed by atoms with van der Waals surface area (Å²) in [6.07, 6.45) is 2.06. The molecule has 2 aromatic carbocycles. The fourth-order valence-corrected chi connectivity index (χ4v) is 4.05. The van der Waals surface area contributed by atoms with Gasteiger partial charge in [-0.25, -0.2) is 4.79 Å². The van der Waals surface area contributed by atoms with Crippen molar-refractivity contribution in [1.82, 2.24) is 9.88 Å². The lowest BCUT2D eigenvalue weighted by Gasteiger charge is -2.11. The van der Waals surface area contributed by atoms with Crippen molar-refractivity contribution in [1.29, 1.82) is 0 Å². The molecule has 0 saturated heterocycles. The van der Waals surface area contributed by atoms with Crippen LogP contribution in [0.2, 0.25) is 0 Å². The van der Waals surface area contributed by atoms with E-state index in [1.165, 1.54) is 21.6 Å². The molecule has 0 amide bonds. The molecule has 3 rings (SSSR count). The molecular formula is C24H28N2O2S. The zero-order valence-electron chi connectivity index (χ0n) is 17.5. The Morgan fingerprint density at radius 1 is 0.931 bits per heavy atom. The molecular weight excluding hydrogens is 380 g/mol. The zero-order chi connectivity index (χ0) is 21.0. The number of nitrogens with zero attached hydrogens (tertiary/aromatic N) is 1. The molecule has 2 N–H and O–H groups in total. The number of hydrogen-bond acceptors (Lipinski definition) is 3. The van der Waals surface area contributed by atoms with E-state index in [0.29, 0.717) is 25.2 Å². The van der Waals surface area contributed by atoms with Crippen LogP contribution >= 0.6 is 11.8 Å². The van der Waals surface area contributed by atoms with E-state index in [2.05, 4.69) is 71.6 Å². The maximum Gasteiger partial charge on any atom is 0.337 e. The highest BCUT2D eigenvalue weighted by Crippen LogP contribution is 2.24. The number of carboxylic acids is 1. The number of aromatic carboxylic acids is 1. The van der Waals surface area contributed by atoms with Gasteiger partial charge in [-0.2, -0.15) is 0 Å². The second-order valence-electron chi connectivity index (χ2n) is 7.35. The van der Waals surface area contributed by atoms with Crippen LogP contribution in [-0.2, 0) is 19.6 Å². The van der Waals surface area contributed by atoms with Crippen molar-refractivity contribution in [2.24, 2.45) is 0 Å². The Morgan fingerprint density at radius 3 is 2.14 bits per heavy atom.